The summed E-state index contributed by atoms with van der Waals surface area (Å²) in [5.74, 6) is 0.439. The second-order valence-corrected chi connectivity index (χ2v) is 7.78. The fourth-order valence-corrected chi connectivity index (χ4v) is 4.93. The molecule has 0 saturated carbocycles. The highest BCUT2D eigenvalue weighted by atomic mass is 32.2. The molecule has 1 aromatic heterocycles. The molecule has 1 saturated heterocycles. The van der Waals surface area contributed by atoms with Crippen molar-refractivity contribution >= 4 is 21.4 Å². The van der Waals surface area contributed by atoms with Gasteiger partial charge >= 0.3 is 0 Å². The molecule has 0 amide bonds. The minimum Gasteiger partial charge on any atom is -0.384 e. The smallest absolute Gasteiger partial charge is 0.252 e. The van der Waals surface area contributed by atoms with E-state index in [2.05, 4.69) is 0 Å². The van der Waals surface area contributed by atoms with Gasteiger partial charge < -0.3 is 4.74 Å². The van der Waals surface area contributed by atoms with Crippen molar-refractivity contribution in [2.24, 2.45) is 5.92 Å². The van der Waals surface area contributed by atoms with E-state index < -0.39 is 10.0 Å². The van der Waals surface area contributed by atoms with E-state index in [0.29, 0.717) is 30.5 Å². The molecule has 2 heterocycles. The van der Waals surface area contributed by atoms with Crippen molar-refractivity contribution in [2.75, 3.05) is 26.8 Å². The highest BCUT2D eigenvalue weighted by Crippen LogP contribution is 2.28. The van der Waals surface area contributed by atoms with Crippen LogP contribution in [0.5, 0.6) is 0 Å². The number of nitriles is 1. The van der Waals surface area contributed by atoms with Gasteiger partial charge in [0.2, 0.25) is 0 Å². The van der Waals surface area contributed by atoms with Gasteiger partial charge in [0.05, 0.1) is 0 Å². The quantitative estimate of drug-likeness (QED) is 0.848. The van der Waals surface area contributed by atoms with Gasteiger partial charge in [0.15, 0.2) is 0 Å². The third kappa shape index (κ3) is 3.15. The Morgan fingerprint density at radius 2 is 2.16 bits per heavy atom. The van der Waals surface area contributed by atoms with E-state index in [1.807, 2.05) is 6.07 Å². The molecule has 104 valence electrons. The average molecular weight is 300 g/mol. The van der Waals surface area contributed by atoms with Gasteiger partial charge in [-0.15, -0.1) is 11.3 Å². The number of sulfonamides is 1. The second kappa shape index (κ2) is 6.01. The Bertz CT molecular complexity index is 566. The minimum absolute atomic E-state index is 0.259. The Hall–Kier alpha value is -0.940. The molecule has 1 aliphatic heterocycles. The molecule has 0 spiro atoms. The van der Waals surface area contributed by atoms with Crippen LogP contribution in [0.15, 0.2) is 16.3 Å². The number of hydrogen-bond donors (Lipinski definition) is 0. The van der Waals surface area contributed by atoms with Crippen LogP contribution in [-0.2, 0) is 14.8 Å². The van der Waals surface area contributed by atoms with Crippen molar-refractivity contribution in [3.8, 4) is 6.07 Å². The average Bonchev–Trinajstić information content (AvgIpc) is 2.89. The third-order valence-electron chi connectivity index (χ3n) is 3.26. The topological polar surface area (TPSA) is 70.4 Å². The Labute approximate surface area is 117 Å². The Kier molecular flexibility index (Phi) is 4.58. The lowest BCUT2D eigenvalue weighted by atomic mass is 9.99. The maximum atomic E-state index is 12.4. The zero-order valence-corrected chi connectivity index (χ0v) is 12.3. The minimum atomic E-state index is -3.43. The predicted molar refractivity (Wildman–Crippen MR) is 72.4 cm³/mol. The number of piperidine rings is 1. The molecule has 1 aliphatic rings. The Balaban J connectivity index is 2.08. The van der Waals surface area contributed by atoms with E-state index in [4.69, 9.17) is 10.00 Å². The Morgan fingerprint density at radius 3 is 2.68 bits per heavy atom. The number of rotatable bonds is 4. The van der Waals surface area contributed by atoms with Crippen LogP contribution in [0.3, 0.4) is 0 Å². The molecular formula is C12H16N2O3S2. The third-order valence-corrected chi connectivity index (χ3v) is 6.62. The van der Waals surface area contributed by atoms with Gasteiger partial charge in [0.25, 0.3) is 10.0 Å². The van der Waals surface area contributed by atoms with Crippen molar-refractivity contribution in [3.05, 3.63) is 17.0 Å². The van der Waals surface area contributed by atoms with E-state index in [1.165, 1.54) is 10.4 Å². The van der Waals surface area contributed by atoms with Crippen LogP contribution in [0.2, 0.25) is 0 Å². The summed E-state index contributed by atoms with van der Waals surface area (Å²) in [5.41, 5.74) is 0. The maximum absolute atomic E-state index is 12.4. The van der Waals surface area contributed by atoms with Crippen LogP contribution in [0.1, 0.15) is 17.7 Å². The van der Waals surface area contributed by atoms with Crippen LogP contribution in [0.25, 0.3) is 0 Å². The highest BCUT2D eigenvalue weighted by molar-refractivity contribution is 7.91. The zero-order chi connectivity index (χ0) is 13.9. The first kappa shape index (κ1) is 14.5. The molecule has 7 heteroatoms. The summed E-state index contributed by atoms with van der Waals surface area (Å²) in [6.07, 6.45) is 1.65. The van der Waals surface area contributed by atoms with Crippen LogP contribution >= 0.6 is 11.3 Å². The number of ether oxygens (including phenoxy) is 1. The molecule has 0 N–H and O–H groups in total. The van der Waals surface area contributed by atoms with E-state index in [-0.39, 0.29) is 4.21 Å². The van der Waals surface area contributed by atoms with Gasteiger partial charge in [0, 0.05) is 26.8 Å². The fourth-order valence-electron chi connectivity index (χ4n) is 2.20. The zero-order valence-electron chi connectivity index (χ0n) is 10.7. The van der Waals surface area contributed by atoms with E-state index >= 15 is 0 Å². The van der Waals surface area contributed by atoms with Crippen molar-refractivity contribution in [3.63, 3.8) is 0 Å². The number of methoxy groups -OCH3 is 1. The monoisotopic (exact) mass is 300 g/mol. The maximum Gasteiger partial charge on any atom is 0.252 e. The molecule has 1 fully saturated rings. The summed E-state index contributed by atoms with van der Waals surface area (Å²) in [4.78, 5) is 0.424. The molecule has 0 unspecified atom stereocenters. The van der Waals surface area contributed by atoms with Crippen molar-refractivity contribution < 1.29 is 13.2 Å². The summed E-state index contributed by atoms with van der Waals surface area (Å²) < 4.78 is 31.6. The molecule has 19 heavy (non-hydrogen) atoms. The fraction of sp³-hybridized carbons (Fsp3) is 0.583. The summed E-state index contributed by atoms with van der Waals surface area (Å²) in [5, 5.41) is 8.76. The molecule has 0 aliphatic carbocycles. The molecule has 0 bridgehead atoms. The normalized spacial score (nSPS) is 18.3. The molecule has 5 nitrogen and oxygen atoms in total. The summed E-state index contributed by atoms with van der Waals surface area (Å²) >= 11 is 1.03. The molecule has 0 radical (unpaired) electrons. The van der Waals surface area contributed by atoms with Crippen molar-refractivity contribution in [1.29, 1.82) is 5.26 Å². The van der Waals surface area contributed by atoms with Gasteiger partial charge in [-0.25, -0.2) is 8.42 Å². The highest BCUT2D eigenvalue weighted by Gasteiger charge is 2.30. The summed E-state index contributed by atoms with van der Waals surface area (Å²) in [6.45, 7) is 1.73. The Morgan fingerprint density at radius 1 is 1.47 bits per heavy atom. The molecule has 0 aromatic carbocycles. The van der Waals surface area contributed by atoms with Crippen LogP contribution < -0.4 is 0 Å². The first-order valence-corrected chi connectivity index (χ1v) is 8.32. The lowest BCUT2D eigenvalue weighted by Gasteiger charge is -2.30. The van der Waals surface area contributed by atoms with Crippen molar-refractivity contribution in [2.45, 2.75) is 17.1 Å². The van der Waals surface area contributed by atoms with Gasteiger partial charge in [0.1, 0.15) is 15.2 Å². The summed E-state index contributed by atoms with van der Waals surface area (Å²) in [7, 11) is -1.76. The lowest BCUT2D eigenvalue weighted by molar-refractivity contribution is 0.121. The standard InChI is InChI=1S/C12H16N2O3S2/c1-17-9-10-4-6-14(7-5-10)19(15,16)12-3-2-11(8-13)18-12/h2-3,10H,4-7,9H2,1H3. The van der Waals surface area contributed by atoms with E-state index in [0.717, 1.165) is 24.2 Å². The van der Waals surface area contributed by atoms with Crippen LogP contribution in [0.4, 0.5) is 0 Å². The number of thiophene rings is 1. The van der Waals surface area contributed by atoms with Gasteiger partial charge in [-0.3, -0.25) is 0 Å². The van der Waals surface area contributed by atoms with Gasteiger partial charge in [-0.2, -0.15) is 9.57 Å². The number of hydrogen-bond acceptors (Lipinski definition) is 5. The SMILES string of the molecule is COCC1CCN(S(=O)(=O)c2ccc(C#N)s2)CC1. The number of nitrogens with zero attached hydrogens (tertiary/aromatic N) is 2. The van der Waals surface area contributed by atoms with Gasteiger partial charge in [-0.05, 0) is 30.9 Å². The molecule has 0 atom stereocenters. The van der Waals surface area contributed by atoms with Gasteiger partial charge in [-0.1, -0.05) is 0 Å². The van der Waals surface area contributed by atoms with E-state index in [9.17, 15) is 8.42 Å². The largest absolute Gasteiger partial charge is 0.384 e. The molecule has 2 rings (SSSR count). The second-order valence-electron chi connectivity index (χ2n) is 4.53. The predicted octanol–water partition coefficient (Wildman–Crippen LogP) is 1.67. The first-order valence-electron chi connectivity index (χ1n) is 6.07. The first-order chi connectivity index (χ1) is 9.07. The summed E-state index contributed by atoms with van der Waals surface area (Å²) in [6, 6.07) is 5.03. The van der Waals surface area contributed by atoms with E-state index in [1.54, 1.807) is 13.2 Å². The molecular weight excluding hydrogens is 284 g/mol. The molecule has 1 aromatic rings. The van der Waals surface area contributed by atoms with Crippen LogP contribution in [-0.4, -0.2) is 39.5 Å². The van der Waals surface area contributed by atoms with Crippen LogP contribution in [0, 0.1) is 17.2 Å². The van der Waals surface area contributed by atoms with Crippen molar-refractivity contribution in [1.82, 2.24) is 4.31 Å². The lowest BCUT2D eigenvalue weighted by Crippen LogP contribution is -2.39.